The number of rotatable bonds is 5. The Morgan fingerprint density at radius 3 is 1.92 bits per heavy atom. The number of nitrogens with two attached hydrogens (primary N) is 1. The Hall–Kier alpha value is -2.86. The largest absolute Gasteiger partial charge is 0.497 e. The molecule has 0 aliphatic rings. The van der Waals surface area contributed by atoms with Crippen LogP contribution < -0.4 is 21.1 Å². The second kappa shape index (κ2) is 8.01. The average molecular weight is 355 g/mol. The fourth-order valence-electron chi connectivity index (χ4n) is 2.20. The van der Waals surface area contributed by atoms with Crippen LogP contribution in [0.2, 0.25) is 0 Å². The number of nitrogens with one attached hydrogen (secondary N) is 2. The number of amides is 2. The minimum atomic E-state index is -0.624. The smallest absolute Gasteiger partial charge is 0.255 e. The van der Waals surface area contributed by atoms with Crippen molar-refractivity contribution in [2.45, 2.75) is 26.8 Å². The van der Waals surface area contributed by atoms with Crippen molar-refractivity contribution < 1.29 is 14.3 Å². The van der Waals surface area contributed by atoms with Gasteiger partial charge >= 0.3 is 0 Å². The fourth-order valence-corrected chi connectivity index (χ4v) is 2.20. The van der Waals surface area contributed by atoms with Crippen molar-refractivity contribution in [3.05, 3.63) is 54.1 Å². The van der Waals surface area contributed by atoms with Crippen LogP contribution in [0, 0.1) is 5.41 Å². The number of methoxy groups -OCH3 is 1. The van der Waals surface area contributed by atoms with E-state index in [0.717, 1.165) is 5.75 Å². The molecule has 0 unspecified atom stereocenters. The lowest BCUT2D eigenvalue weighted by molar-refractivity contribution is -0.119. The normalized spacial score (nSPS) is 12.2. The molecule has 2 aromatic carbocycles. The molecule has 1 atom stereocenters. The molecule has 6 nitrogen and oxygen atoms in total. The molecule has 2 amide bonds. The van der Waals surface area contributed by atoms with E-state index in [1.54, 1.807) is 55.6 Å². The highest BCUT2D eigenvalue weighted by Gasteiger charge is 2.27. The number of hydrogen-bond donors (Lipinski definition) is 3. The van der Waals surface area contributed by atoms with E-state index in [9.17, 15) is 9.59 Å². The van der Waals surface area contributed by atoms with Gasteiger partial charge < -0.3 is 21.1 Å². The van der Waals surface area contributed by atoms with E-state index in [1.807, 2.05) is 20.8 Å². The molecule has 0 saturated heterocycles. The maximum absolute atomic E-state index is 12.3. The highest BCUT2D eigenvalue weighted by atomic mass is 16.5. The molecule has 138 valence electrons. The summed E-state index contributed by atoms with van der Waals surface area (Å²) < 4.78 is 5.09. The number of carbonyl (C=O) groups is 2. The predicted molar refractivity (Wildman–Crippen MR) is 103 cm³/mol. The summed E-state index contributed by atoms with van der Waals surface area (Å²) >= 11 is 0. The van der Waals surface area contributed by atoms with Gasteiger partial charge in [-0.15, -0.1) is 0 Å². The Morgan fingerprint density at radius 1 is 0.923 bits per heavy atom. The van der Waals surface area contributed by atoms with Crippen molar-refractivity contribution in [2.24, 2.45) is 11.1 Å². The van der Waals surface area contributed by atoms with Crippen LogP contribution in [0.25, 0.3) is 0 Å². The van der Waals surface area contributed by atoms with Gasteiger partial charge in [0.15, 0.2) is 0 Å². The number of anilines is 2. The minimum absolute atomic E-state index is 0.237. The third kappa shape index (κ3) is 5.07. The summed E-state index contributed by atoms with van der Waals surface area (Å²) in [4.78, 5) is 24.4. The highest BCUT2D eigenvalue weighted by Crippen LogP contribution is 2.20. The number of benzene rings is 2. The van der Waals surface area contributed by atoms with Gasteiger partial charge in [-0.1, -0.05) is 20.8 Å². The first-order valence-corrected chi connectivity index (χ1v) is 8.32. The summed E-state index contributed by atoms with van der Waals surface area (Å²) in [6, 6.07) is 13.1. The molecule has 0 heterocycles. The van der Waals surface area contributed by atoms with E-state index in [2.05, 4.69) is 10.6 Å². The van der Waals surface area contributed by atoms with Crippen molar-refractivity contribution in [1.29, 1.82) is 0 Å². The van der Waals surface area contributed by atoms with Crippen LogP contribution in [-0.4, -0.2) is 25.0 Å². The van der Waals surface area contributed by atoms with Crippen molar-refractivity contribution >= 4 is 23.2 Å². The van der Waals surface area contributed by atoms with Crippen molar-refractivity contribution in [1.82, 2.24) is 0 Å². The lowest BCUT2D eigenvalue weighted by Gasteiger charge is -2.25. The molecule has 0 aromatic heterocycles. The fraction of sp³-hybridized carbons (Fsp3) is 0.300. The first kappa shape index (κ1) is 19.5. The molecular weight excluding hydrogens is 330 g/mol. The average Bonchev–Trinajstić information content (AvgIpc) is 2.61. The van der Waals surface area contributed by atoms with Crippen LogP contribution in [0.5, 0.6) is 5.75 Å². The van der Waals surface area contributed by atoms with Gasteiger partial charge in [-0.05, 0) is 53.9 Å². The van der Waals surface area contributed by atoms with Gasteiger partial charge in [-0.3, -0.25) is 9.59 Å². The standard InChI is InChI=1S/C20H25N3O3/c1-20(2,3)17(21)19(25)23-14-7-5-13(6-8-14)18(24)22-15-9-11-16(26-4)12-10-15/h5-12,17H,21H2,1-4H3,(H,22,24)(H,23,25)/t17-/m1/s1. The van der Waals surface area contributed by atoms with E-state index in [4.69, 9.17) is 10.5 Å². The molecule has 0 spiro atoms. The Bertz CT molecular complexity index is 762. The van der Waals surface area contributed by atoms with Crippen LogP contribution >= 0.6 is 0 Å². The molecule has 0 aliphatic heterocycles. The third-order valence-electron chi connectivity index (χ3n) is 3.98. The van der Waals surface area contributed by atoms with Crippen LogP contribution in [0.4, 0.5) is 11.4 Å². The molecule has 0 fully saturated rings. The summed E-state index contributed by atoms with van der Waals surface area (Å²) in [6.07, 6.45) is 0. The van der Waals surface area contributed by atoms with Gasteiger partial charge in [-0.2, -0.15) is 0 Å². The zero-order valence-corrected chi connectivity index (χ0v) is 15.5. The summed E-state index contributed by atoms with van der Waals surface area (Å²) in [5.74, 6) is 0.226. The lowest BCUT2D eigenvalue weighted by atomic mass is 9.87. The van der Waals surface area contributed by atoms with Crippen LogP contribution in [-0.2, 0) is 4.79 Å². The van der Waals surface area contributed by atoms with Gasteiger partial charge in [0, 0.05) is 16.9 Å². The molecule has 2 aromatic rings. The predicted octanol–water partition coefficient (Wildman–Crippen LogP) is 3.26. The molecular formula is C20H25N3O3. The third-order valence-corrected chi connectivity index (χ3v) is 3.98. The first-order valence-electron chi connectivity index (χ1n) is 8.32. The van der Waals surface area contributed by atoms with Gasteiger partial charge in [0.2, 0.25) is 5.91 Å². The summed E-state index contributed by atoms with van der Waals surface area (Å²) in [5.41, 5.74) is 7.36. The van der Waals surface area contributed by atoms with Crippen LogP contribution in [0.15, 0.2) is 48.5 Å². The maximum Gasteiger partial charge on any atom is 0.255 e. The lowest BCUT2D eigenvalue weighted by Crippen LogP contribution is -2.45. The van der Waals surface area contributed by atoms with E-state index >= 15 is 0 Å². The second-order valence-corrected chi connectivity index (χ2v) is 7.09. The monoisotopic (exact) mass is 355 g/mol. The Balaban J connectivity index is 1.99. The number of ether oxygens (including phenoxy) is 1. The molecule has 0 aliphatic carbocycles. The summed E-state index contributed by atoms with van der Waals surface area (Å²) in [7, 11) is 1.59. The van der Waals surface area contributed by atoms with Gasteiger partial charge in [0.05, 0.1) is 13.2 Å². The van der Waals surface area contributed by atoms with Crippen LogP contribution in [0.3, 0.4) is 0 Å². The number of hydrogen-bond acceptors (Lipinski definition) is 4. The molecule has 26 heavy (non-hydrogen) atoms. The molecule has 6 heteroatoms. The first-order chi connectivity index (χ1) is 12.2. The molecule has 4 N–H and O–H groups in total. The van der Waals surface area contributed by atoms with Crippen molar-refractivity contribution in [2.75, 3.05) is 17.7 Å². The van der Waals surface area contributed by atoms with Gasteiger partial charge in [0.1, 0.15) is 5.75 Å². The van der Waals surface area contributed by atoms with Gasteiger partial charge in [0.25, 0.3) is 5.91 Å². The van der Waals surface area contributed by atoms with E-state index < -0.39 is 6.04 Å². The summed E-state index contributed by atoms with van der Waals surface area (Å²) in [5, 5.41) is 5.57. The number of carbonyl (C=O) groups excluding carboxylic acids is 2. The zero-order valence-electron chi connectivity index (χ0n) is 15.5. The van der Waals surface area contributed by atoms with E-state index in [1.165, 1.54) is 0 Å². The van der Waals surface area contributed by atoms with E-state index in [0.29, 0.717) is 16.9 Å². The zero-order chi connectivity index (χ0) is 19.3. The maximum atomic E-state index is 12.3. The second-order valence-electron chi connectivity index (χ2n) is 7.09. The topological polar surface area (TPSA) is 93.5 Å². The Labute approximate surface area is 153 Å². The van der Waals surface area contributed by atoms with Crippen molar-refractivity contribution in [3.8, 4) is 5.75 Å². The Morgan fingerprint density at radius 2 is 1.42 bits per heavy atom. The van der Waals surface area contributed by atoms with E-state index in [-0.39, 0.29) is 17.2 Å². The SMILES string of the molecule is COc1ccc(NC(=O)c2ccc(NC(=O)[C@@H](N)C(C)(C)C)cc2)cc1. The van der Waals surface area contributed by atoms with Gasteiger partial charge in [-0.25, -0.2) is 0 Å². The van der Waals surface area contributed by atoms with Crippen molar-refractivity contribution in [3.63, 3.8) is 0 Å². The molecule has 0 bridgehead atoms. The molecule has 2 rings (SSSR count). The highest BCUT2D eigenvalue weighted by molar-refractivity contribution is 6.04. The Kier molecular flexibility index (Phi) is 6.00. The van der Waals surface area contributed by atoms with Crippen LogP contribution in [0.1, 0.15) is 31.1 Å². The quantitative estimate of drug-likeness (QED) is 0.767. The summed E-state index contributed by atoms with van der Waals surface area (Å²) in [6.45, 7) is 5.72. The molecule has 0 saturated carbocycles. The molecule has 0 radical (unpaired) electrons. The minimum Gasteiger partial charge on any atom is -0.497 e.